The molecule has 0 aliphatic rings. The summed E-state index contributed by atoms with van der Waals surface area (Å²) >= 11 is 0. The summed E-state index contributed by atoms with van der Waals surface area (Å²) in [5.41, 5.74) is 5.18. The molecule has 1 atom stereocenters. The summed E-state index contributed by atoms with van der Waals surface area (Å²) in [4.78, 5) is 33.1. The second-order valence-electron chi connectivity index (χ2n) is 5.57. The summed E-state index contributed by atoms with van der Waals surface area (Å²) in [5, 5.41) is 8.54. The molecule has 130 valence electrons. The largest absolute Gasteiger partial charge is 1.00 e. The topological polar surface area (TPSA) is 107 Å². The fraction of sp³-hybridized carbons (Fsp3) is 0.812. The van der Waals surface area contributed by atoms with Crippen LogP contribution in [-0.4, -0.2) is 29.1 Å². The molecule has 0 saturated heterocycles. The van der Waals surface area contributed by atoms with E-state index in [-0.39, 0.29) is 37.4 Å². The number of hydrogen-bond donors (Lipinski definition) is 2. The zero-order valence-electron chi connectivity index (χ0n) is 15.5. The van der Waals surface area contributed by atoms with Gasteiger partial charge in [0.15, 0.2) is 0 Å². The van der Waals surface area contributed by atoms with Gasteiger partial charge in [-0.15, -0.1) is 0 Å². The minimum Gasteiger partial charge on any atom is -1.00 e. The molecule has 0 fully saturated rings. The number of rotatable bonds is 13. The van der Waals surface area contributed by atoms with Crippen LogP contribution in [0.25, 0.3) is 0 Å². The van der Waals surface area contributed by atoms with Crippen LogP contribution in [0.4, 0.5) is 0 Å². The van der Waals surface area contributed by atoms with Crippen LogP contribution >= 0.6 is 0 Å². The van der Waals surface area contributed by atoms with Gasteiger partial charge >= 0.3 is 47.5 Å². The Morgan fingerprint density at radius 1 is 0.957 bits per heavy atom. The number of aliphatic carboxylic acids is 1. The van der Waals surface area contributed by atoms with E-state index in [0.29, 0.717) is 6.42 Å². The number of carboxylic acid groups (broad SMARTS) is 1. The van der Waals surface area contributed by atoms with E-state index in [1.807, 2.05) is 0 Å². The molecule has 0 rings (SSSR count). The second-order valence-corrected chi connectivity index (χ2v) is 5.57. The van der Waals surface area contributed by atoms with Gasteiger partial charge in [0.1, 0.15) is 6.04 Å². The minimum atomic E-state index is -1.33. The van der Waals surface area contributed by atoms with Crippen LogP contribution in [0.2, 0.25) is 0 Å². The fourth-order valence-corrected chi connectivity index (χ4v) is 2.07. The van der Waals surface area contributed by atoms with Crippen molar-refractivity contribution in [3.8, 4) is 0 Å². The molecule has 0 unspecified atom stereocenters. The van der Waals surface area contributed by atoms with Crippen molar-refractivity contribution >= 4 is 17.9 Å². The molecule has 0 saturated carbocycles. The van der Waals surface area contributed by atoms with Gasteiger partial charge in [-0.05, 0) is 6.42 Å². The van der Waals surface area contributed by atoms with Crippen LogP contribution in [0, 0.1) is 0 Å². The average Bonchev–Trinajstić information content (AvgIpc) is 2.45. The van der Waals surface area contributed by atoms with Gasteiger partial charge in [-0.25, -0.2) is 0 Å². The first kappa shape index (κ1) is 24.8. The first-order valence-electron chi connectivity index (χ1n) is 8.19. The quantitative estimate of drug-likeness (QED) is 0.210. The summed E-state index contributed by atoms with van der Waals surface area (Å²) in [5.74, 6) is -2.77. The Bertz CT molecular complexity index is 355. The van der Waals surface area contributed by atoms with Crippen molar-refractivity contribution in [1.82, 2.24) is 0 Å². The Morgan fingerprint density at radius 2 is 1.43 bits per heavy atom. The summed E-state index contributed by atoms with van der Waals surface area (Å²) in [6.45, 7) is 2.19. The summed E-state index contributed by atoms with van der Waals surface area (Å²) in [6.07, 6.45) is 9.92. The van der Waals surface area contributed by atoms with Crippen molar-refractivity contribution < 1.29 is 55.2 Å². The van der Waals surface area contributed by atoms with Gasteiger partial charge in [-0.2, -0.15) is 0 Å². The van der Waals surface area contributed by atoms with Crippen molar-refractivity contribution in [2.24, 2.45) is 5.73 Å². The van der Waals surface area contributed by atoms with Gasteiger partial charge < -0.3 is 17.0 Å². The van der Waals surface area contributed by atoms with E-state index in [9.17, 15) is 14.4 Å². The zero-order valence-corrected chi connectivity index (χ0v) is 16.5. The zero-order chi connectivity index (χ0) is 16.8. The van der Waals surface area contributed by atoms with E-state index in [1.165, 1.54) is 38.5 Å². The van der Waals surface area contributed by atoms with Gasteiger partial charge in [0.25, 0.3) is 0 Å². The number of hydrogen-bond acceptors (Lipinski definition) is 5. The van der Waals surface area contributed by atoms with Crippen molar-refractivity contribution in [2.75, 3.05) is 0 Å². The number of esters is 2. The number of unbranched alkanes of at least 4 members (excludes halogenated alkanes) is 8. The Labute approximate surface area is 162 Å². The summed E-state index contributed by atoms with van der Waals surface area (Å²) in [7, 11) is 0. The molecule has 0 aromatic carbocycles. The Kier molecular flexibility index (Phi) is 17.7. The molecule has 0 aliphatic heterocycles. The molecular formula is C16H30NNaO5. The van der Waals surface area contributed by atoms with Crippen molar-refractivity contribution in [1.29, 1.82) is 0 Å². The molecule has 6 nitrogen and oxygen atoms in total. The molecule has 0 aromatic rings. The van der Waals surface area contributed by atoms with Gasteiger partial charge in [-0.3, -0.25) is 14.4 Å². The Morgan fingerprint density at radius 3 is 1.91 bits per heavy atom. The normalized spacial score (nSPS) is 11.4. The molecule has 0 amide bonds. The number of carbonyl (C=O) groups is 3. The first-order chi connectivity index (χ1) is 10.5. The SMILES string of the molecule is CCCCCCCCCCCC(=O)OC(=O)C[C@H](N)C(=O)O.[H-].[Na+]. The maximum absolute atomic E-state index is 11.4. The molecule has 0 aliphatic carbocycles. The molecule has 0 radical (unpaired) electrons. The van der Waals surface area contributed by atoms with Gasteiger partial charge in [0, 0.05) is 6.42 Å². The van der Waals surface area contributed by atoms with Crippen LogP contribution in [-0.2, 0) is 19.1 Å². The standard InChI is InChI=1S/C16H29NO5.Na.H/c1-2-3-4-5-6-7-8-9-10-11-14(18)22-15(19)12-13(17)16(20)21;;/h13H,2-12,17H2,1H3,(H,20,21);;/q;+1;-1/t13-;;/m0../s1. The maximum atomic E-state index is 11.4. The summed E-state index contributed by atoms with van der Waals surface area (Å²) < 4.78 is 4.52. The van der Waals surface area contributed by atoms with E-state index in [1.54, 1.807) is 0 Å². The monoisotopic (exact) mass is 339 g/mol. The van der Waals surface area contributed by atoms with E-state index >= 15 is 0 Å². The molecule has 0 aromatic heterocycles. The van der Waals surface area contributed by atoms with E-state index in [2.05, 4.69) is 11.7 Å². The van der Waals surface area contributed by atoms with Gasteiger partial charge in [0.05, 0.1) is 6.42 Å². The minimum absolute atomic E-state index is 0. The Hall–Kier alpha value is -0.430. The Balaban J connectivity index is -0.00000220. The van der Waals surface area contributed by atoms with Crippen LogP contribution in [0.3, 0.4) is 0 Å². The molecule has 7 heteroatoms. The van der Waals surface area contributed by atoms with Crippen LogP contribution < -0.4 is 35.3 Å². The van der Waals surface area contributed by atoms with E-state index in [0.717, 1.165) is 12.8 Å². The van der Waals surface area contributed by atoms with Crippen molar-refractivity contribution in [3.05, 3.63) is 0 Å². The molecule has 3 N–H and O–H groups in total. The van der Waals surface area contributed by atoms with E-state index < -0.39 is 30.4 Å². The molecule has 0 bridgehead atoms. The molecule has 0 spiro atoms. The molecule has 23 heavy (non-hydrogen) atoms. The molecular weight excluding hydrogens is 309 g/mol. The third kappa shape index (κ3) is 16.2. The second kappa shape index (κ2) is 16.4. The summed E-state index contributed by atoms with van der Waals surface area (Å²) in [6, 6.07) is -1.33. The first-order valence-corrected chi connectivity index (χ1v) is 8.19. The van der Waals surface area contributed by atoms with Crippen molar-refractivity contribution in [2.45, 2.75) is 83.6 Å². The molecule has 0 heterocycles. The van der Waals surface area contributed by atoms with Crippen LogP contribution in [0.1, 0.15) is 79.0 Å². The maximum Gasteiger partial charge on any atom is 1.00 e. The third-order valence-corrected chi connectivity index (χ3v) is 3.42. The third-order valence-electron chi connectivity index (χ3n) is 3.42. The van der Waals surface area contributed by atoms with Crippen LogP contribution in [0.15, 0.2) is 0 Å². The predicted octanol–water partition coefficient (Wildman–Crippen LogP) is -0.104. The smallest absolute Gasteiger partial charge is 1.00 e. The number of ether oxygens (including phenoxy) is 1. The number of nitrogens with two attached hydrogens (primary N) is 1. The van der Waals surface area contributed by atoms with Gasteiger partial charge in [-0.1, -0.05) is 58.3 Å². The fourth-order valence-electron chi connectivity index (χ4n) is 2.07. The van der Waals surface area contributed by atoms with Crippen molar-refractivity contribution in [3.63, 3.8) is 0 Å². The van der Waals surface area contributed by atoms with E-state index in [4.69, 9.17) is 10.8 Å². The number of carbonyl (C=O) groups excluding carboxylic acids is 2. The van der Waals surface area contributed by atoms with Gasteiger partial charge in [0.2, 0.25) is 0 Å². The average molecular weight is 339 g/mol. The predicted molar refractivity (Wildman–Crippen MR) is 84.3 cm³/mol. The van der Waals surface area contributed by atoms with Crippen LogP contribution in [0.5, 0.6) is 0 Å². The number of carboxylic acids is 1.